The van der Waals surface area contributed by atoms with Gasteiger partial charge in [0.15, 0.2) is 17.5 Å². The van der Waals surface area contributed by atoms with Gasteiger partial charge in [-0.2, -0.15) is 5.10 Å². The van der Waals surface area contributed by atoms with Gasteiger partial charge in [-0.1, -0.05) is 41.0 Å². The van der Waals surface area contributed by atoms with Gasteiger partial charge in [-0.15, -0.1) is 0 Å². The molecule has 5 rings (SSSR count). The molecule has 242 valence electrons. The van der Waals surface area contributed by atoms with E-state index in [9.17, 15) is 18.0 Å². The van der Waals surface area contributed by atoms with E-state index in [1.807, 2.05) is 39.8 Å². The Morgan fingerprint density at radius 3 is 2.51 bits per heavy atom. The molecule has 4 heterocycles. The molecule has 3 aromatic heterocycles. The van der Waals surface area contributed by atoms with E-state index in [0.717, 1.165) is 48.2 Å². The molecular formula is C33H40F3N5O4. The number of hydrogen-bond acceptors (Lipinski definition) is 6. The average molecular weight is 628 g/mol. The number of carbonyl (C=O) groups is 2. The maximum Gasteiger partial charge on any atom is 0.251 e. The fourth-order valence-electron chi connectivity index (χ4n) is 4.79. The molecule has 0 saturated carbocycles. The van der Waals surface area contributed by atoms with Crippen LogP contribution in [-0.4, -0.2) is 46.7 Å². The molecule has 1 aromatic carbocycles. The Kier molecular flexibility index (Phi) is 12.8. The maximum atomic E-state index is 14.7. The number of ether oxygens (including phenoxy) is 2. The summed E-state index contributed by atoms with van der Waals surface area (Å²) in [5.74, 6) is -3.56. The standard InChI is InChI=1S/C30H31F3N4O3.C2H6.CH3NO/c1-4-6-20-14-21-12-18(13-25(37(21)36-20)39-11-5-2)30(38)34-10-9-19-15-23-17(3)16-40-29(23)28(35-19)22-7-8-24(31)27(33)26(22)32;1-2;2-1-3/h7-8,12-15,17H,4-6,9-11,16H2,1-3H3,(H,34,38);1-2H3;1H,(H2,2,3). The van der Waals surface area contributed by atoms with Gasteiger partial charge in [0.1, 0.15) is 11.4 Å². The number of hydrogen-bond donors (Lipinski definition) is 2. The van der Waals surface area contributed by atoms with E-state index in [1.165, 1.54) is 0 Å². The summed E-state index contributed by atoms with van der Waals surface area (Å²) in [6.45, 7) is 11.2. The summed E-state index contributed by atoms with van der Waals surface area (Å²) in [4.78, 5) is 26.2. The van der Waals surface area contributed by atoms with E-state index in [4.69, 9.17) is 14.3 Å². The SMILES string of the molecule is CC.CCCOc1cc(C(=O)NCCc2cc3c(c(-c4ccc(F)c(F)c4F)n2)OCC3C)cc2cc(CCC)nn12.NC=O. The van der Waals surface area contributed by atoms with Gasteiger partial charge in [0.05, 0.1) is 24.4 Å². The molecule has 0 saturated heterocycles. The van der Waals surface area contributed by atoms with Crippen molar-refractivity contribution >= 4 is 17.8 Å². The third-order valence-electron chi connectivity index (χ3n) is 6.82. The molecule has 9 nitrogen and oxygen atoms in total. The van der Waals surface area contributed by atoms with Crippen molar-refractivity contribution in [3.8, 4) is 22.9 Å². The summed E-state index contributed by atoms with van der Waals surface area (Å²) in [7, 11) is 0. The maximum absolute atomic E-state index is 14.7. The molecular weight excluding hydrogens is 587 g/mol. The third-order valence-corrected chi connectivity index (χ3v) is 6.82. The quantitative estimate of drug-likeness (QED) is 0.161. The van der Waals surface area contributed by atoms with Gasteiger partial charge in [0.25, 0.3) is 5.91 Å². The van der Waals surface area contributed by atoms with E-state index in [1.54, 1.807) is 16.6 Å². The molecule has 2 amide bonds. The molecule has 0 fully saturated rings. The van der Waals surface area contributed by atoms with Crippen molar-refractivity contribution in [3.63, 3.8) is 0 Å². The average Bonchev–Trinajstić information content (AvgIpc) is 3.63. The second kappa shape index (κ2) is 16.5. The minimum atomic E-state index is -1.56. The molecule has 45 heavy (non-hydrogen) atoms. The van der Waals surface area contributed by atoms with Gasteiger partial charge in [0.2, 0.25) is 12.3 Å². The number of pyridine rings is 2. The van der Waals surface area contributed by atoms with Crippen LogP contribution < -0.4 is 20.5 Å². The number of nitrogens with two attached hydrogens (primary N) is 1. The number of benzene rings is 1. The Hall–Kier alpha value is -4.61. The van der Waals surface area contributed by atoms with Crippen LogP contribution in [0, 0.1) is 17.5 Å². The fraction of sp³-hybridized carbons (Fsp3) is 0.394. The number of nitrogens with zero attached hydrogens (tertiary/aromatic N) is 3. The smallest absolute Gasteiger partial charge is 0.251 e. The normalized spacial score (nSPS) is 13.1. The van der Waals surface area contributed by atoms with Crippen LogP contribution in [0.25, 0.3) is 16.8 Å². The van der Waals surface area contributed by atoms with Crippen molar-refractivity contribution in [1.82, 2.24) is 19.9 Å². The second-order valence-corrected chi connectivity index (χ2v) is 10.1. The van der Waals surface area contributed by atoms with Crippen molar-refractivity contribution in [1.29, 1.82) is 0 Å². The zero-order chi connectivity index (χ0) is 33.1. The van der Waals surface area contributed by atoms with E-state index >= 15 is 0 Å². The van der Waals surface area contributed by atoms with E-state index in [-0.39, 0.29) is 36.0 Å². The highest BCUT2D eigenvalue weighted by molar-refractivity contribution is 5.95. The number of amides is 2. The summed E-state index contributed by atoms with van der Waals surface area (Å²) in [5.41, 5.74) is 7.62. The van der Waals surface area contributed by atoms with E-state index < -0.39 is 17.5 Å². The lowest BCUT2D eigenvalue weighted by molar-refractivity contribution is -0.106. The summed E-state index contributed by atoms with van der Waals surface area (Å²) >= 11 is 0. The van der Waals surface area contributed by atoms with Crippen LogP contribution >= 0.6 is 0 Å². The number of aryl methyl sites for hydroxylation is 1. The Morgan fingerprint density at radius 1 is 1.09 bits per heavy atom. The summed E-state index contributed by atoms with van der Waals surface area (Å²) in [5, 5.41) is 7.53. The van der Waals surface area contributed by atoms with Gasteiger partial charge in [-0.25, -0.2) is 22.7 Å². The number of aromatic nitrogens is 3. The molecule has 1 aliphatic heterocycles. The largest absolute Gasteiger partial charge is 0.490 e. The highest BCUT2D eigenvalue weighted by Crippen LogP contribution is 2.42. The highest BCUT2D eigenvalue weighted by atomic mass is 19.2. The lowest BCUT2D eigenvalue weighted by Crippen LogP contribution is -2.26. The first-order valence-corrected chi connectivity index (χ1v) is 15.1. The zero-order valence-corrected chi connectivity index (χ0v) is 26.3. The van der Waals surface area contributed by atoms with Crippen LogP contribution in [-0.2, 0) is 17.6 Å². The van der Waals surface area contributed by atoms with Crippen LogP contribution in [0.15, 0.2) is 36.4 Å². The first-order chi connectivity index (χ1) is 21.7. The Balaban J connectivity index is 0.00000104. The summed E-state index contributed by atoms with van der Waals surface area (Å²) in [6, 6.07) is 9.29. The van der Waals surface area contributed by atoms with E-state index in [2.05, 4.69) is 28.1 Å². The topological polar surface area (TPSA) is 121 Å². The number of halogens is 3. The van der Waals surface area contributed by atoms with Gasteiger partial charge in [0, 0.05) is 47.3 Å². The molecule has 12 heteroatoms. The molecule has 1 atom stereocenters. The predicted molar refractivity (Wildman–Crippen MR) is 166 cm³/mol. The monoisotopic (exact) mass is 627 g/mol. The van der Waals surface area contributed by atoms with Gasteiger partial charge >= 0.3 is 0 Å². The molecule has 1 aliphatic rings. The number of primary amides is 1. The lowest BCUT2D eigenvalue weighted by atomic mass is 9.99. The molecule has 3 N–H and O–H groups in total. The van der Waals surface area contributed by atoms with Crippen LogP contribution in [0.5, 0.6) is 11.6 Å². The molecule has 0 bridgehead atoms. The predicted octanol–water partition coefficient (Wildman–Crippen LogP) is 6.15. The van der Waals surface area contributed by atoms with Crippen LogP contribution in [0.4, 0.5) is 13.2 Å². The number of fused-ring (bicyclic) bond motifs is 2. The third kappa shape index (κ3) is 8.11. The Labute approximate surface area is 260 Å². The highest BCUT2D eigenvalue weighted by Gasteiger charge is 2.28. The number of rotatable bonds is 10. The van der Waals surface area contributed by atoms with Gasteiger partial charge in [-0.05, 0) is 43.2 Å². The minimum absolute atomic E-state index is 0.0139. The Morgan fingerprint density at radius 2 is 1.82 bits per heavy atom. The zero-order valence-electron chi connectivity index (χ0n) is 26.3. The van der Waals surface area contributed by atoms with Gasteiger partial charge < -0.3 is 20.5 Å². The van der Waals surface area contributed by atoms with Crippen LogP contribution in [0.1, 0.15) is 80.7 Å². The molecule has 0 spiro atoms. The van der Waals surface area contributed by atoms with Gasteiger partial charge in [-0.3, -0.25) is 9.59 Å². The van der Waals surface area contributed by atoms with Crippen molar-refractivity contribution in [2.45, 2.75) is 66.2 Å². The minimum Gasteiger partial charge on any atom is -0.490 e. The molecule has 0 radical (unpaired) electrons. The molecule has 4 aromatic rings. The second-order valence-electron chi connectivity index (χ2n) is 10.1. The van der Waals surface area contributed by atoms with Crippen molar-refractivity contribution in [3.05, 3.63) is 76.4 Å². The molecule has 1 unspecified atom stereocenters. The summed E-state index contributed by atoms with van der Waals surface area (Å²) < 4.78 is 55.6. The van der Waals surface area contributed by atoms with Crippen molar-refractivity contribution in [2.24, 2.45) is 5.73 Å². The van der Waals surface area contributed by atoms with E-state index in [0.29, 0.717) is 42.5 Å². The lowest BCUT2D eigenvalue weighted by Gasteiger charge is -2.13. The fourth-order valence-corrected chi connectivity index (χ4v) is 4.79. The van der Waals surface area contributed by atoms with Crippen molar-refractivity contribution in [2.75, 3.05) is 19.8 Å². The molecule has 0 aliphatic carbocycles. The Bertz CT molecular complexity index is 1630. The summed E-state index contributed by atoms with van der Waals surface area (Å²) in [6.07, 6.45) is 3.17. The number of nitrogens with one attached hydrogen (secondary N) is 1. The first kappa shape index (κ1) is 34.9. The van der Waals surface area contributed by atoms with Crippen LogP contribution in [0.3, 0.4) is 0 Å². The number of carbonyl (C=O) groups excluding carboxylic acids is 2. The first-order valence-electron chi connectivity index (χ1n) is 15.1. The van der Waals surface area contributed by atoms with Crippen molar-refractivity contribution < 1.29 is 32.2 Å². The van der Waals surface area contributed by atoms with Crippen LogP contribution in [0.2, 0.25) is 0 Å².